The molecule has 0 fully saturated rings. The molecule has 0 aliphatic heterocycles. The Hall–Kier alpha value is -2.60. The molecule has 0 aliphatic carbocycles. The van der Waals surface area contributed by atoms with E-state index in [1.54, 1.807) is 0 Å². The molecule has 0 saturated carbocycles. The predicted octanol–water partition coefficient (Wildman–Crippen LogP) is 3.33. The molecule has 0 amide bonds. The van der Waals surface area contributed by atoms with E-state index in [4.69, 9.17) is 9.47 Å². The zero-order chi connectivity index (χ0) is 19.8. The Labute approximate surface area is 160 Å². The van der Waals surface area contributed by atoms with Crippen molar-refractivity contribution in [2.24, 2.45) is 0 Å². The number of aromatic nitrogens is 1. The smallest absolute Gasteiger partial charge is 0.343 e. The summed E-state index contributed by atoms with van der Waals surface area (Å²) in [5.41, 5.74) is 4.24. The van der Waals surface area contributed by atoms with Crippen molar-refractivity contribution in [2.45, 2.75) is 46.9 Å². The van der Waals surface area contributed by atoms with E-state index in [0.717, 1.165) is 34.5 Å². The zero-order valence-electron chi connectivity index (χ0n) is 16.7. The number of pyridine rings is 1. The molecule has 1 heterocycles. The van der Waals surface area contributed by atoms with E-state index in [2.05, 4.69) is 27.2 Å². The number of hydrogen-bond acceptors (Lipinski definition) is 6. The number of carbonyl (C=O) groups excluding carboxylic acids is 1. The normalized spacial score (nSPS) is 10.7. The third-order valence-electron chi connectivity index (χ3n) is 3.89. The number of nitrogens with zero attached hydrogens (tertiary/aromatic N) is 1. The van der Waals surface area contributed by atoms with Crippen LogP contribution in [0.2, 0.25) is 0 Å². The van der Waals surface area contributed by atoms with E-state index in [0.29, 0.717) is 12.4 Å². The van der Waals surface area contributed by atoms with Gasteiger partial charge in [0.25, 0.3) is 0 Å². The van der Waals surface area contributed by atoms with Crippen LogP contribution in [-0.4, -0.2) is 30.8 Å². The molecule has 0 unspecified atom stereocenters. The van der Waals surface area contributed by atoms with E-state index in [-0.39, 0.29) is 12.7 Å². The highest BCUT2D eigenvalue weighted by atomic mass is 16.6. The second-order valence-corrected chi connectivity index (χ2v) is 6.70. The van der Waals surface area contributed by atoms with Gasteiger partial charge >= 0.3 is 5.97 Å². The minimum atomic E-state index is -0.391. The molecule has 6 nitrogen and oxygen atoms in total. The van der Waals surface area contributed by atoms with Crippen LogP contribution in [0.15, 0.2) is 30.5 Å². The van der Waals surface area contributed by atoms with Crippen LogP contribution in [0.25, 0.3) is 0 Å². The van der Waals surface area contributed by atoms with Crippen molar-refractivity contribution in [1.82, 2.24) is 10.3 Å². The van der Waals surface area contributed by atoms with Crippen LogP contribution in [0, 0.1) is 13.8 Å². The van der Waals surface area contributed by atoms with Gasteiger partial charge in [0, 0.05) is 25.4 Å². The van der Waals surface area contributed by atoms with Crippen LogP contribution in [-0.2, 0) is 22.6 Å². The monoisotopic (exact) mass is 372 g/mol. The molecule has 1 aromatic heterocycles. The lowest BCUT2D eigenvalue weighted by Crippen LogP contribution is -2.15. The minimum Gasteiger partial charge on any atom is -0.481 e. The lowest BCUT2D eigenvalue weighted by Gasteiger charge is -2.14. The van der Waals surface area contributed by atoms with E-state index in [1.165, 1.54) is 7.11 Å². The molecule has 0 aliphatic rings. The summed E-state index contributed by atoms with van der Waals surface area (Å²) in [7, 11) is 1.35. The number of methoxy groups -OCH3 is 1. The number of rotatable bonds is 9. The number of esters is 1. The van der Waals surface area contributed by atoms with E-state index < -0.39 is 5.97 Å². The Bertz CT molecular complexity index is 734. The van der Waals surface area contributed by atoms with Crippen molar-refractivity contribution in [1.29, 1.82) is 0 Å². The number of nitrogens with one attached hydrogen (secondary N) is 1. The summed E-state index contributed by atoms with van der Waals surface area (Å²) in [6.45, 7) is 9.26. The van der Waals surface area contributed by atoms with E-state index in [9.17, 15) is 4.79 Å². The second-order valence-electron chi connectivity index (χ2n) is 6.70. The summed E-state index contributed by atoms with van der Waals surface area (Å²) in [4.78, 5) is 15.6. The van der Waals surface area contributed by atoms with Crippen molar-refractivity contribution >= 4 is 5.97 Å². The van der Waals surface area contributed by atoms with Gasteiger partial charge in [-0.2, -0.15) is 0 Å². The van der Waals surface area contributed by atoms with Crippen molar-refractivity contribution in [3.05, 3.63) is 52.7 Å². The first kappa shape index (κ1) is 20.7. The molecule has 0 atom stereocenters. The quantitative estimate of drug-likeness (QED) is 0.681. The third-order valence-corrected chi connectivity index (χ3v) is 3.89. The lowest BCUT2D eigenvalue weighted by atomic mass is 10.1. The van der Waals surface area contributed by atoms with Gasteiger partial charge in [-0.3, -0.25) is 0 Å². The summed E-state index contributed by atoms with van der Waals surface area (Å²) in [5.74, 6) is 0.981. The summed E-state index contributed by atoms with van der Waals surface area (Å²) in [5, 5.41) is 3.42. The number of aryl methyl sites for hydroxylation is 2. The molecule has 146 valence electrons. The first-order valence-corrected chi connectivity index (χ1v) is 9.01. The summed E-state index contributed by atoms with van der Waals surface area (Å²) in [6.07, 6.45) is 1.94. The Kier molecular flexibility index (Phi) is 7.61. The molecule has 0 bridgehead atoms. The average Bonchev–Trinajstić information content (AvgIpc) is 2.61. The van der Waals surface area contributed by atoms with Crippen molar-refractivity contribution in [2.75, 3.05) is 13.7 Å². The largest absolute Gasteiger partial charge is 0.481 e. The molecule has 1 N–H and O–H groups in total. The first-order chi connectivity index (χ1) is 12.9. The highest BCUT2D eigenvalue weighted by Crippen LogP contribution is 2.25. The van der Waals surface area contributed by atoms with Crippen molar-refractivity contribution in [3.63, 3.8) is 0 Å². The van der Waals surface area contributed by atoms with Gasteiger partial charge in [-0.05, 0) is 49.9 Å². The fourth-order valence-electron chi connectivity index (χ4n) is 2.74. The van der Waals surface area contributed by atoms with Gasteiger partial charge in [-0.1, -0.05) is 18.2 Å². The zero-order valence-corrected chi connectivity index (χ0v) is 16.7. The molecule has 6 heteroatoms. The number of ether oxygens (including phenoxy) is 3. The van der Waals surface area contributed by atoms with Crippen molar-refractivity contribution < 1.29 is 19.0 Å². The fourth-order valence-corrected chi connectivity index (χ4v) is 2.74. The van der Waals surface area contributed by atoms with Gasteiger partial charge in [0.1, 0.15) is 5.75 Å². The van der Waals surface area contributed by atoms with Crippen LogP contribution >= 0.6 is 0 Å². The molecule has 2 aromatic rings. The maximum Gasteiger partial charge on any atom is 0.343 e. The molecular weight excluding hydrogens is 344 g/mol. The highest BCUT2D eigenvalue weighted by Gasteiger charge is 2.09. The topological polar surface area (TPSA) is 69.7 Å². The standard InChI is InChI=1S/C21H28N2O4/c1-14(2)27-19-7-6-17(12-23-19)10-22-11-18-8-15(3)21(16(4)9-18)26-13-20(24)25-5/h6-9,12,14,22H,10-11,13H2,1-5H3. The van der Waals surface area contributed by atoms with E-state index in [1.807, 2.05) is 46.0 Å². The van der Waals surface area contributed by atoms with Crippen LogP contribution in [0.5, 0.6) is 11.6 Å². The molecule has 0 saturated heterocycles. The van der Waals surface area contributed by atoms with Crippen molar-refractivity contribution in [3.8, 4) is 11.6 Å². The molecular formula is C21H28N2O4. The van der Waals surface area contributed by atoms with Crippen LogP contribution in [0.1, 0.15) is 36.1 Å². The van der Waals surface area contributed by atoms with E-state index >= 15 is 0 Å². The average molecular weight is 372 g/mol. The van der Waals surface area contributed by atoms with Crippen LogP contribution < -0.4 is 14.8 Å². The Morgan fingerprint density at radius 1 is 1.11 bits per heavy atom. The lowest BCUT2D eigenvalue weighted by molar-refractivity contribution is -0.142. The summed E-state index contributed by atoms with van der Waals surface area (Å²) >= 11 is 0. The second kappa shape index (κ2) is 9.92. The maximum atomic E-state index is 11.3. The minimum absolute atomic E-state index is 0.0840. The SMILES string of the molecule is COC(=O)COc1c(C)cc(CNCc2ccc(OC(C)C)nc2)cc1C. The van der Waals surface area contributed by atoms with Crippen LogP contribution in [0.4, 0.5) is 0 Å². The predicted molar refractivity (Wildman–Crippen MR) is 104 cm³/mol. The summed E-state index contributed by atoms with van der Waals surface area (Å²) < 4.78 is 15.7. The van der Waals surface area contributed by atoms with Gasteiger partial charge in [0.2, 0.25) is 5.88 Å². The van der Waals surface area contributed by atoms with Gasteiger partial charge in [-0.15, -0.1) is 0 Å². The van der Waals surface area contributed by atoms with Gasteiger partial charge in [-0.25, -0.2) is 9.78 Å². The Morgan fingerprint density at radius 3 is 2.33 bits per heavy atom. The van der Waals surface area contributed by atoms with Gasteiger partial charge in [0.05, 0.1) is 13.2 Å². The summed E-state index contributed by atoms with van der Waals surface area (Å²) in [6, 6.07) is 8.02. The van der Waals surface area contributed by atoms with Crippen LogP contribution in [0.3, 0.4) is 0 Å². The Morgan fingerprint density at radius 2 is 1.78 bits per heavy atom. The molecule has 27 heavy (non-hydrogen) atoms. The fraction of sp³-hybridized carbons (Fsp3) is 0.429. The maximum absolute atomic E-state index is 11.3. The molecule has 1 aromatic carbocycles. The molecule has 0 radical (unpaired) electrons. The molecule has 2 rings (SSSR count). The number of carbonyl (C=O) groups is 1. The third kappa shape index (κ3) is 6.57. The Balaban J connectivity index is 1.89. The number of hydrogen-bond donors (Lipinski definition) is 1. The number of benzene rings is 1. The first-order valence-electron chi connectivity index (χ1n) is 9.01. The highest BCUT2D eigenvalue weighted by molar-refractivity contribution is 5.71. The van der Waals surface area contributed by atoms with Gasteiger partial charge in [0.15, 0.2) is 6.61 Å². The molecule has 0 spiro atoms. The van der Waals surface area contributed by atoms with Gasteiger partial charge < -0.3 is 19.5 Å².